The fourth-order valence-corrected chi connectivity index (χ4v) is 2.51. The maximum Gasteiger partial charge on any atom is 0.309 e. The first-order chi connectivity index (χ1) is 8.57. The van der Waals surface area contributed by atoms with E-state index in [0.717, 1.165) is 32.1 Å². The summed E-state index contributed by atoms with van der Waals surface area (Å²) in [6.07, 6.45) is 5.01. The van der Waals surface area contributed by atoms with Crippen LogP contribution in [0.1, 0.15) is 45.1 Å². The molecule has 98 valence electrons. The summed E-state index contributed by atoms with van der Waals surface area (Å²) in [6.45, 7) is 3.98. The second kappa shape index (κ2) is 5.55. The van der Waals surface area contributed by atoms with Gasteiger partial charge in [0.15, 0.2) is 0 Å². The Morgan fingerprint density at radius 3 is 2.67 bits per heavy atom. The van der Waals surface area contributed by atoms with Crippen molar-refractivity contribution in [3.05, 3.63) is 35.9 Å². The van der Waals surface area contributed by atoms with Gasteiger partial charge in [-0.2, -0.15) is 0 Å². The quantitative estimate of drug-likeness (QED) is 0.756. The van der Waals surface area contributed by atoms with E-state index in [0.29, 0.717) is 0 Å². The van der Waals surface area contributed by atoms with Crippen molar-refractivity contribution in [2.24, 2.45) is 5.92 Å². The van der Waals surface area contributed by atoms with Crippen LogP contribution in [-0.4, -0.2) is 11.6 Å². The second-order valence-electron chi connectivity index (χ2n) is 5.79. The van der Waals surface area contributed by atoms with Crippen LogP contribution in [0.25, 0.3) is 0 Å². The molecule has 1 aromatic carbocycles. The van der Waals surface area contributed by atoms with Crippen molar-refractivity contribution in [3.8, 4) is 0 Å². The smallest absolute Gasteiger partial charge is 0.309 e. The zero-order valence-electron chi connectivity index (χ0n) is 11.3. The minimum Gasteiger partial charge on any atom is -0.459 e. The predicted octanol–water partition coefficient (Wildman–Crippen LogP) is 3.74. The maximum atomic E-state index is 11.8. The molecule has 2 heteroatoms. The molecule has 1 aliphatic heterocycles. The Kier molecular flexibility index (Phi) is 4.05. The van der Waals surface area contributed by atoms with Gasteiger partial charge in [-0.25, -0.2) is 0 Å². The van der Waals surface area contributed by atoms with Gasteiger partial charge >= 0.3 is 5.97 Å². The molecule has 1 saturated heterocycles. The van der Waals surface area contributed by atoms with Crippen LogP contribution in [0.2, 0.25) is 0 Å². The lowest BCUT2D eigenvalue weighted by atomic mass is 9.87. The number of ether oxygens (including phenoxy) is 1. The fraction of sp³-hybridized carbons (Fsp3) is 0.562. The minimum atomic E-state index is -0.257. The summed E-state index contributed by atoms with van der Waals surface area (Å²) in [5, 5.41) is 0. The van der Waals surface area contributed by atoms with Crippen molar-refractivity contribution in [2.75, 3.05) is 0 Å². The molecule has 1 fully saturated rings. The molecule has 0 unspecified atom stereocenters. The average Bonchev–Trinajstić information content (AvgIpc) is 2.33. The number of hydrogen-bond donors (Lipinski definition) is 0. The molecule has 18 heavy (non-hydrogen) atoms. The Morgan fingerprint density at radius 1 is 1.28 bits per heavy atom. The third-order valence-corrected chi connectivity index (χ3v) is 3.67. The highest BCUT2D eigenvalue weighted by molar-refractivity contribution is 5.73. The van der Waals surface area contributed by atoms with Gasteiger partial charge in [-0.15, -0.1) is 0 Å². The van der Waals surface area contributed by atoms with Crippen LogP contribution in [0.3, 0.4) is 0 Å². The molecule has 0 amide bonds. The molecule has 1 heterocycles. The Labute approximate surface area is 109 Å². The van der Waals surface area contributed by atoms with Crippen molar-refractivity contribution in [1.82, 2.24) is 0 Å². The Balaban J connectivity index is 1.76. The van der Waals surface area contributed by atoms with Crippen molar-refractivity contribution in [2.45, 2.75) is 51.6 Å². The minimum absolute atomic E-state index is 0.000637. The molecular formula is C16H22O2. The van der Waals surface area contributed by atoms with Gasteiger partial charge in [0.1, 0.15) is 5.60 Å². The van der Waals surface area contributed by atoms with E-state index in [1.54, 1.807) is 0 Å². The van der Waals surface area contributed by atoms with Crippen LogP contribution in [0.15, 0.2) is 30.3 Å². The molecule has 0 spiro atoms. The highest BCUT2D eigenvalue weighted by Crippen LogP contribution is 2.30. The van der Waals surface area contributed by atoms with Crippen LogP contribution in [0.4, 0.5) is 0 Å². The van der Waals surface area contributed by atoms with Gasteiger partial charge in [0, 0.05) is 0 Å². The van der Waals surface area contributed by atoms with Crippen molar-refractivity contribution >= 4 is 5.97 Å². The summed E-state index contributed by atoms with van der Waals surface area (Å²) >= 11 is 0. The van der Waals surface area contributed by atoms with Gasteiger partial charge in [-0.05, 0) is 51.5 Å². The molecule has 0 saturated carbocycles. The SMILES string of the molecule is CC1(C)CC[C@H](CCCc2ccccc2)C(=O)O1. The monoisotopic (exact) mass is 246 g/mol. The summed E-state index contributed by atoms with van der Waals surface area (Å²) < 4.78 is 5.45. The van der Waals surface area contributed by atoms with Crippen molar-refractivity contribution in [1.29, 1.82) is 0 Å². The molecule has 1 atom stereocenters. The van der Waals surface area contributed by atoms with E-state index < -0.39 is 0 Å². The second-order valence-corrected chi connectivity index (χ2v) is 5.79. The molecule has 0 radical (unpaired) electrons. The zero-order chi connectivity index (χ0) is 13.0. The summed E-state index contributed by atoms with van der Waals surface area (Å²) in [5.74, 6) is 0.112. The molecule has 0 N–H and O–H groups in total. The van der Waals surface area contributed by atoms with E-state index in [2.05, 4.69) is 24.3 Å². The lowest BCUT2D eigenvalue weighted by Crippen LogP contribution is -2.37. The van der Waals surface area contributed by atoms with Gasteiger partial charge in [-0.1, -0.05) is 30.3 Å². The number of rotatable bonds is 4. The highest BCUT2D eigenvalue weighted by Gasteiger charge is 2.34. The molecule has 1 aromatic rings. The number of carbonyl (C=O) groups excluding carboxylic acids is 1. The zero-order valence-corrected chi connectivity index (χ0v) is 11.3. The maximum absolute atomic E-state index is 11.8. The first kappa shape index (κ1) is 13.1. The fourth-order valence-electron chi connectivity index (χ4n) is 2.51. The van der Waals surface area contributed by atoms with Crippen LogP contribution in [0, 0.1) is 5.92 Å². The summed E-state index contributed by atoms with van der Waals surface area (Å²) in [5.41, 5.74) is 1.09. The van der Waals surface area contributed by atoms with Gasteiger partial charge in [0.25, 0.3) is 0 Å². The number of hydrogen-bond acceptors (Lipinski definition) is 2. The summed E-state index contributed by atoms with van der Waals surface area (Å²) in [6, 6.07) is 10.4. The van der Waals surface area contributed by atoms with Crippen LogP contribution >= 0.6 is 0 Å². The number of cyclic esters (lactones) is 1. The Bertz CT molecular complexity index is 395. The first-order valence-electron chi connectivity index (χ1n) is 6.84. The lowest BCUT2D eigenvalue weighted by Gasteiger charge is -2.33. The largest absolute Gasteiger partial charge is 0.459 e. The summed E-state index contributed by atoms with van der Waals surface area (Å²) in [4.78, 5) is 11.8. The average molecular weight is 246 g/mol. The number of aryl methyl sites for hydroxylation is 1. The molecular weight excluding hydrogens is 224 g/mol. The number of benzene rings is 1. The van der Waals surface area contributed by atoms with Crippen LogP contribution in [-0.2, 0) is 16.0 Å². The van der Waals surface area contributed by atoms with E-state index >= 15 is 0 Å². The van der Waals surface area contributed by atoms with E-state index in [1.807, 2.05) is 19.9 Å². The van der Waals surface area contributed by atoms with Gasteiger partial charge in [0.2, 0.25) is 0 Å². The van der Waals surface area contributed by atoms with E-state index in [1.165, 1.54) is 5.56 Å². The molecule has 0 aliphatic carbocycles. The van der Waals surface area contributed by atoms with Crippen LogP contribution < -0.4 is 0 Å². The van der Waals surface area contributed by atoms with Gasteiger partial charge < -0.3 is 4.74 Å². The standard InChI is InChI=1S/C16H22O2/c1-16(2)12-11-14(15(17)18-16)10-6-9-13-7-4-3-5-8-13/h3-5,7-8,14H,6,9-12H2,1-2H3/t14-/m0/s1. The van der Waals surface area contributed by atoms with Crippen molar-refractivity contribution in [3.63, 3.8) is 0 Å². The van der Waals surface area contributed by atoms with E-state index in [9.17, 15) is 4.79 Å². The van der Waals surface area contributed by atoms with Crippen molar-refractivity contribution < 1.29 is 9.53 Å². The lowest BCUT2D eigenvalue weighted by molar-refractivity contribution is -0.170. The third kappa shape index (κ3) is 3.59. The van der Waals surface area contributed by atoms with E-state index in [4.69, 9.17) is 4.74 Å². The number of carbonyl (C=O) groups is 1. The molecule has 1 aliphatic rings. The highest BCUT2D eigenvalue weighted by atomic mass is 16.6. The summed E-state index contributed by atoms with van der Waals surface area (Å²) in [7, 11) is 0. The Hall–Kier alpha value is -1.31. The molecule has 2 nitrogen and oxygen atoms in total. The van der Waals surface area contributed by atoms with Crippen LogP contribution in [0.5, 0.6) is 0 Å². The topological polar surface area (TPSA) is 26.3 Å². The molecule has 0 bridgehead atoms. The Morgan fingerprint density at radius 2 is 2.00 bits per heavy atom. The molecule has 0 aromatic heterocycles. The number of esters is 1. The third-order valence-electron chi connectivity index (χ3n) is 3.67. The van der Waals surface area contributed by atoms with Gasteiger partial charge in [-0.3, -0.25) is 4.79 Å². The predicted molar refractivity (Wildman–Crippen MR) is 72.3 cm³/mol. The first-order valence-corrected chi connectivity index (χ1v) is 6.84. The van der Waals surface area contributed by atoms with E-state index in [-0.39, 0.29) is 17.5 Å². The van der Waals surface area contributed by atoms with Gasteiger partial charge in [0.05, 0.1) is 5.92 Å². The normalized spacial score (nSPS) is 22.6. The molecule has 2 rings (SSSR count).